The second-order valence-corrected chi connectivity index (χ2v) is 2.09. The molecule has 11 heavy (non-hydrogen) atoms. The molecule has 0 amide bonds. The Morgan fingerprint density at radius 3 is 3.18 bits per heavy atom. The van der Waals surface area contributed by atoms with E-state index in [-0.39, 0.29) is 6.61 Å². The minimum Gasteiger partial charge on any atom is -0.388 e. The number of aliphatic hydroxyl groups is 1. The van der Waals surface area contributed by atoms with Gasteiger partial charge in [-0.05, 0) is 6.92 Å². The van der Waals surface area contributed by atoms with Crippen molar-refractivity contribution in [3.05, 3.63) is 18.2 Å². The number of ether oxygens (including phenoxy) is 1. The summed E-state index contributed by atoms with van der Waals surface area (Å²) >= 11 is 0. The second kappa shape index (κ2) is 4.10. The molecule has 62 valence electrons. The Morgan fingerprint density at radius 1 is 1.73 bits per heavy atom. The first-order valence-electron chi connectivity index (χ1n) is 3.57. The van der Waals surface area contributed by atoms with Crippen molar-refractivity contribution in [3.8, 4) is 0 Å². The molecule has 1 aromatic rings. The van der Waals surface area contributed by atoms with Crippen LogP contribution in [0.25, 0.3) is 0 Å². The summed E-state index contributed by atoms with van der Waals surface area (Å²) in [4.78, 5) is 3.92. The standard InChI is InChI=1S/C7H12N2O2/c1-2-11-6-9-4-3-8-7(9)5-10/h3-4,10H,2,5-6H2,1H3. The molecular weight excluding hydrogens is 144 g/mol. The third-order valence-electron chi connectivity index (χ3n) is 1.38. The van der Waals surface area contributed by atoms with Crippen LogP contribution in [-0.2, 0) is 18.1 Å². The number of aliphatic hydroxyl groups excluding tert-OH is 1. The summed E-state index contributed by atoms with van der Waals surface area (Å²) in [6, 6.07) is 0. The lowest BCUT2D eigenvalue weighted by Gasteiger charge is -2.04. The number of hydrogen-bond acceptors (Lipinski definition) is 3. The van der Waals surface area contributed by atoms with Crippen molar-refractivity contribution in [2.75, 3.05) is 6.61 Å². The van der Waals surface area contributed by atoms with Gasteiger partial charge in [0.15, 0.2) is 0 Å². The molecule has 1 rings (SSSR count). The van der Waals surface area contributed by atoms with E-state index in [0.29, 0.717) is 19.2 Å². The van der Waals surface area contributed by atoms with E-state index in [4.69, 9.17) is 9.84 Å². The molecule has 1 heterocycles. The maximum absolute atomic E-state index is 8.77. The van der Waals surface area contributed by atoms with Gasteiger partial charge < -0.3 is 14.4 Å². The van der Waals surface area contributed by atoms with Gasteiger partial charge in [-0.15, -0.1) is 0 Å². The van der Waals surface area contributed by atoms with Gasteiger partial charge in [0.2, 0.25) is 0 Å². The van der Waals surface area contributed by atoms with Crippen LogP contribution in [0.4, 0.5) is 0 Å². The molecule has 0 aliphatic carbocycles. The van der Waals surface area contributed by atoms with E-state index in [0.717, 1.165) is 0 Å². The SMILES string of the molecule is CCOCn1ccnc1CO. The smallest absolute Gasteiger partial charge is 0.136 e. The molecule has 0 fully saturated rings. The van der Waals surface area contributed by atoms with Crippen molar-refractivity contribution in [2.24, 2.45) is 0 Å². The lowest BCUT2D eigenvalue weighted by molar-refractivity contribution is 0.0823. The zero-order chi connectivity index (χ0) is 8.10. The minimum atomic E-state index is -0.0416. The lowest BCUT2D eigenvalue weighted by Crippen LogP contribution is -2.05. The van der Waals surface area contributed by atoms with Gasteiger partial charge in [-0.2, -0.15) is 0 Å². The zero-order valence-electron chi connectivity index (χ0n) is 6.53. The van der Waals surface area contributed by atoms with Crippen LogP contribution in [0, 0.1) is 0 Å². The maximum Gasteiger partial charge on any atom is 0.136 e. The van der Waals surface area contributed by atoms with Crippen molar-refractivity contribution >= 4 is 0 Å². The van der Waals surface area contributed by atoms with Crippen LogP contribution in [0.1, 0.15) is 12.7 Å². The molecule has 0 unspecified atom stereocenters. The van der Waals surface area contributed by atoms with Crippen LogP contribution < -0.4 is 0 Å². The number of aromatic nitrogens is 2. The first-order chi connectivity index (χ1) is 5.38. The van der Waals surface area contributed by atoms with Crippen LogP contribution in [0.2, 0.25) is 0 Å². The Bertz CT molecular complexity index is 210. The van der Waals surface area contributed by atoms with E-state index in [9.17, 15) is 0 Å². The van der Waals surface area contributed by atoms with Gasteiger partial charge in [0, 0.05) is 19.0 Å². The molecule has 1 N–H and O–H groups in total. The van der Waals surface area contributed by atoms with E-state index in [1.165, 1.54) is 0 Å². The molecule has 4 nitrogen and oxygen atoms in total. The predicted molar refractivity (Wildman–Crippen MR) is 39.8 cm³/mol. The van der Waals surface area contributed by atoms with Gasteiger partial charge in [-0.1, -0.05) is 0 Å². The molecule has 0 radical (unpaired) electrons. The number of nitrogens with zero attached hydrogens (tertiary/aromatic N) is 2. The monoisotopic (exact) mass is 156 g/mol. The molecule has 0 aliphatic heterocycles. The average molecular weight is 156 g/mol. The quantitative estimate of drug-likeness (QED) is 0.685. The molecule has 0 saturated carbocycles. The highest BCUT2D eigenvalue weighted by Crippen LogP contribution is 1.96. The predicted octanol–water partition coefficient (Wildman–Crippen LogP) is 0.369. The Labute approximate surface area is 65.4 Å². The second-order valence-electron chi connectivity index (χ2n) is 2.09. The van der Waals surface area contributed by atoms with E-state index >= 15 is 0 Å². The number of hydrogen-bond donors (Lipinski definition) is 1. The molecule has 1 aromatic heterocycles. The van der Waals surface area contributed by atoms with Gasteiger partial charge in [0.25, 0.3) is 0 Å². The fraction of sp³-hybridized carbons (Fsp3) is 0.571. The molecule has 4 heteroatoms. The van der Waals surface area contributed by atoms with E-state index in [1.807, 2.05) is 6.92 Å². The highest BCUT2D eigenvalue weighted by atomic mass is 16.5. The average Bonchev–Trinajstić information content (AvgIpc) is 2.47. The highest BCUT2D eigenvalue weighted by molar-refractivity contribution is 4.88. The van der Waals surface area contributed by atoms with Gasteiger partial charge in [0.05, 0.1) is 0 Å². The lowest BCUT2D eigenvalue weighted by atomic mass is 10.6. The molecule has 0 bridgehead atoms. The van der Waals surface area contributed by atoms with E-state index in [1.54, 1.807) is 17.0 Å². The first kappa shape index (κ1) is 8.23. The van der Waals surface area contributed by atoms with Crippen molar-refractivity contribution in [1.29, 1.82) is 0 Å². The van der Waals surface area contributed by atoms with E-state index < -0.39 is 0 Å². The Balaban J connectivity index is 2.54. The van der Waals surface area contributed by atoms with Gasteiger partial charge in [0.1, 0.15) is 19.2 Å². The van der Waals surface area contributed by atoms with Crippen LogP contribution >= 0.6 is 0 Å². The highest BCUT2D eigenvalue weighted by Gasteiger charge is 1.98. The molecule has 0 saturated heterocycles. The maximum atomic E-state index is 8.77. The summed E-state index contributed by atoms with van der Waals surface area (Å²) in [7, 11) is 0. The summed E-state index contributed by atoms with van der Waals surface area (Å²) in [6.45, 7) is 3.02. The first-order valence-corrected chi connectivity index (χ1v) is 3.57. The summed E-state index contributed by atoms with van der Waals surface area (Å²) in [5.41, 5.74) is 0. The Kier molecular flexibility index (Phi) is 3.07. The van der Waals surface area contributed by atoms with Crippen LogP contribution in [0.5, 0.6) is 0 Å². The molecule has 0 aromatic carbocycles. The van der Waals surface area contributed by atoms with Crippen molar-refractivity contribution in [1.82, 2.24) is 9.55 Å². The van der Waals surface area contributed by atoms with Crippen molar-refractivity contribution in [2.45, 2.75) is 20.3 Å². The summed E-state index contributed by atoms with van der Waals surface area (Å²) in [6.07, 6.45) is 3.42. The van der Waals surface area contributed by atoms with Crippen molar-refractivity contribution in [3.63, 3.8) is 0 Å². The summed E-state index contributed by atoms with van der Waals surface area (Å²) in [5, 5.41) is 8.77. The molecule has 0 spiro atoms. The Morgan fingerprint density at radius 2 is 2.55 bits per heavy atom. The third kappa shape index (κ3) is 2.03. The van der Waals surface area contributed by atoms with Gasteiger partial charge >= 0.3 is 0 Å². The Hall–Kier alpha value is -0.870. The summed E-state index contributed by atoms with van der Waals surface area (Å²) < 4.78 is 6.90. The molecule has 0 atom stereocenters. The van der Waals surface area contributed by atoms with Gasteiger partial charge in [-0.3, -0.25) is 0 Å². The normalized spacial score (nSPS) is 10.4. The van der Waals surface area contributed by atoms with Gasteiger partial charge in [-0.25, -0.2) is 4.98 Å². The molecule has 0 aliphatic rings. The van der Waals surface area contributed by atoms with Crippen molar-refractivity contribution < 1.29 is 9.84 Å². The van der Waals surface area contributed by atoms with Crippen LogP contribution in [0.15, 0.2) is 12.4 Å². The fourth-order valence-electron chi connectivity index (χ4n) is 0.799. The zero-order valence-corrected chi connectivity index (χ0v) is 6.53. The topological polar surface area (TPSA) is 47.3 Å². The third-order valence-corrected chi connectivity index (χ3v) is 1.38. The molecular formula is C7H12N2O2. The largest absolute Gasteiger partial charge is 0.388 e. The number of rotatable bonds is 4. The van der Waals surface area contributed by atoms with Crippen LogP contribution in [0.3, 0.4) is 0 Å². The minimum absolute atomic E-state index is 0.0416. The summed E-state index contributed by atoms with van der Waals surface area (Å²) in [5.74, 6) is 0.637. The number of imidazole rings is 1. The fourth-order valence-corrected chi connectivity index (χ4v) is 0.799. The van der Waals surface area contributed by atoms with Crippen LogP contribution in [-0.4, -0.2) is 21.3 Å². The van der Waals surface area contributed by atoms with E-state index in [2.05, 4.69) is 4.98 Å².